The lowest BCUT2D eigenvalue weighted by Crippen LogP contribution is -1.81. The highest BCUT2D eigenvalue weighted by molar-refractivity contribution is 7.19. The fourth-order valence-electron chi connectivity index (χ4n) is 1.09. The third-order valence-electron chi connectivity index (χ3n) is 1.65. The number of hydrogen-bond donors (Lipinski definition) is 0. The second-order valence-corrected chi connectivity index (χ2v) is 3.68. The van der Waals surface area contributed by atoms with E-state index in [1.165, 1.54) is 17.4 Å². The van der Waals surface area contributed by atoms with Crippen molar-refractivity contribution in [3.63, 3.8) is 0 Å². The van der Waals surface area contributed by atoms with E-state index in [4.69, 9.17) is 0 Å². The van der Waals surface area contributed by atoms with E-state index in [1.54, 1.807) is 0 Å². The molecule has 0 saturated heterocycles. The minimum Gasteiger partial charge on any atom is -0.259 e. The standard InChI is InChI=1S/C9H6N2O2S/c12-11(13)6-5-9-10-7-3-1-2-4-8(7)14-9/h1-6H/b6-5+. The van der Waals surface area contributed by atoms with Gasteiger partial charge >= 0.3 is 0 Å². The molecular formula is C9H6N2O2S. The molecule has 14 heavy (non-hydrogen) atoms. The van der Waals surface area contributed by atoms with Gasteiger partial charge in [0.25, 0.3) is 0 Å². The average Bonchev–Trinajstić information content (AvgIpc) is 2.57. The van der Waals surface area contributed by atoms with Crippen LogP contribution in [-0.4, -0.2) is 9.91 Å². The molecule has 0 atom stereocenters. The summed E-state index contributed by atoms with van der Waals surface area (Å²) in [6.07, 6.45) is 2.31. The molecule has 0 amide bonds. The van der Waals surface area contributed by atoms with Crippen molar-refractivity contribution >= 4 is 27.6 Å². The van der Waals surface area contributed by atoms with Gasteiger partial charge in [0.05, 0.1) is 15.1 Å². The summed E-state index contributed by atoms with van der Waals surface area (Å²) in [6, 6.07) is 7.64. The summed E-state index contributed by atoms with van der Waals surface area (Å²) in [4.78, 5) is 13.8. The first kappa shape index (κ1) is 8.83. The van der Waals surface area contributed by atoms with Crippen LogP contribution in [0.3, 0.4) is 0 Å². The van der Waals surface area contributed by atoms with E-state index < -0.39 is 4.92 Å². The number of hydrogen-bond acceptors (Lipinski definition) is 4. The van der Waals surface area contributed by atoms with Crippen molar-refractivity contribution in [2.75, 3.05) is 0 Å². The molecule has 2 aromatic rings. The zero-order chi connectivity index (χ0) is 9.97. The highest BCUT2D eigenvalue weighted by Crippen LogP contribution is 2.22. The Labute approximate surface area is 83.7 Å². The Morgan fingerprint density at radius 2 is 2.21 bits per heavy atom. The largest absolute Gasteiger partial charge is 0.259 e. The van der Waals surface area contributed by atoms with Gasteiger partial charge in [-0.3, -0.25) is 10.1 Å². The summed E-state index contributed by atoms with van der Waals surface area (Å²) in [6.45, 7) is 0. The number of thiazole rings is 1. The SMILES string of the molecule is O=[N+]([O-])/C=C/c1nc2ccccc2s1. The lowest BCUT2D eigenvalue weighted by Gasteiger charge is -1.80. The Morgan fingerprint density at radius 1 is 1.43 bits per heavy atom. The number of nitrogens with zero attached hydrogens (tertiary/aromatic N) is 2. The topological polar surface area (TPSA) is 56.0 Å². The highest BCUT2D eigenvalue weighted by Gasteiger charge is 2.00. The molecule has 0 unspecified atom stereocenters. The number of benzene rings is 1. The third kappa shape index (κ3) is 1.77. The molecule has 0 aliphatic heterocycles. The van der Waals surface area contributed by atoms with Gasteiger partial charge in [-0.15, -0.1) is 11.3 Å². The summed E-state index contributed by atoms with van der Waals surface area (Å²) >= 11 is 1.44. The van der Waals surface area contributed by atoms with Crippen LogP contribution < -0.4 is 0 Å². The minimum atomic E-state index is -0.494. The Balaban J connectivity index is 2.40. The molecule has 4 nitrogen and oxygen atoms in total. The maximum atomic E-state index is 10.1. The predicted octanol–water partition coefficient (Wildman–Crippen LogP) is 2.54. The van der Waals surface area contributed by atoms with Crippen LogP contribution in [0.1, 0.15) is 5.01 Å². The van der Waals surface area contributed by atoms with Crippen molar-refractivity contribution in [1.82, 2.24) is 4.98 Å². The Hall–Kier alpha value is -1.75. The molecule has 0 N–H and O–H groups in total. The number of rotatable bonds is 2. The molecule has 2 rings (SSSR count). The van der Waals surface area contributed by atoms with Crippen LogP contribution in [0.25, 0.3) is 16.3 Å². The van der Waals surface area contributed by atoms with Crippen molar-refractivity contribution < 1.29 is 4.92 Å². The van der Waals surface area contributed by atoms with Crippen molar-refractivity contribution in [2.45, 2.75) is 0 Å². The Morgan fingerprint density at radius 3 is 2.93 bits per heavy atom. The molecule has 5 heteroatoms. The van der Waals surface area contributed by atoms with E-state index in [9.17, 15) is 10.1 Å². The monoisotopic (exact) mass is 206 g/mol. The smallest absolute Gasteiger partial charge is 0.237 e. The van der Waals surface area contributed by atoms with Gasteiger partial charge in [-0.2, -0.15) is 0 Å². The maximum absolute atomic E-state index is 10.1. The molecular weight excluding hydrogens is 200 g/mol. The first-order chi connectivity index (χ1) is 6.75. The number of nitro groups is 1. The second-order valence-electron chi connectivity index (χ2n) is 2.62. The van der Waals surface area contributed by atoms with Crippen molar-refractivity contribution in [1.29, 1.82) is 0 Å². The van der Waals surface area contributed by atoms with Crippen molar-refractivity contribution in [2.24, 2.45) is 0 Å². The Bertz CT molecular complexity index is 471. The van der Waals surface area contributed by atoms with E-state index in [0.29, 0.717) is 5.01 Å². The summed E-state index contributed by atoms with van der Waals surface area (Å²) in [7, 11) is 0. The molecule has 0 aliphatic rings. The van der Waals surface area contributed by atoms with Crippen LogP contribution in [0.15, 0.2) is 30.5 Å². The number of aromatic nitrogens is 1. The molecule has 70 valence electrons. The van der Waals surface area contributed by atoms with Crippen LogP contribution >= 0.6 is 11.3 Å². The summed E-state index contributed by atoms with van der Waals surface area (Å²) in [5, 5.41) is 10.7. The predicted molar refractivity (Wildman–Crippen MR) is 55.6 cm³/mol. The Kier molecular flexibility index (Phi) is 2.24. The quantitative estimate of drug-likeness (QED) is 0.560. The van der Waals surface area contributed by atoms with E-state index >= 15 is 0 Å². The normalized spacial score (nSPS) is 11.1. The van der Waals surface area contributed by atoms with E-state index in [1.807, 2.05) is 24.3 Å². The summed E-state index contributed by atoms with van der Waals surface area (Å²) < 4.78 is 1.04. The van der Waals surface area contributed by atoms with E-state index in [2.05, 4.69) is 4.98 Å². The zero-order valence-corrected chi connectivity index (χ0v) is 7.90. The number of fused-ring (bicyclic) bond motifs is 1. The first-order valence-corrected chi connectivity index (χ1v) is 4.74. The molecule has 0 saturated carbocycles. The molecule has 0 aliphatic carbocycles. The molecule has 1 aromatic heterocycles. The van der Waals surface area contributed by atoms with Gasteiger partial charge in [-0.25, -0.2) is 4.98 Å². The fraction of sp³-hybridized carbons (Fsp3) is 0. The molecule has 0 spiro atoms. The van der Waals surface area contributed by atoms with Gasteiger partial charge in [0, 0.05) is 6.08 Å². The lowest BCUT2D eigenvalue weighted by molar-refractivity contribution is -0.400. The van der Waals surface area contributed by atoms with E-state index in [0.717, 1.165) is 16.4 Å². The fourth-order valence-corrected chi connectivity index (χ4v) is 1.95. The average molecular weight is 206 g/mol. The van der Waals surface area contributed by atoms with Crippen molar-refractivity contribution in [3.05, 3.63) is 45.6 Å². The summed E-state index contributed by atoms with van der Waals surface area (Å²) in [5.74, 6) is 0. The van der Waals surface area contributed by atoms with Crippen LogP contribution in [0.4, 0.5) is 0 Å². The molecule has 0 radical (unpaired) electrons. The molecule has 0 fully saturated rings. The van der Waals surface area contributed by atoms with Crippen LogP contribution in [0, 0.1) is 10.1 Å². The highest BCUT2D eigenvalue weighted by atomic mass is 32.1. The first-order valence-electron chi connectivity index (χ1n) is 3.93. The van der Waals surface area contributed by atoms with Gasteiger partial charge in [-0.05, 0) is 12.1 Å². The van der Waals surface area contributed by atoms with Gasteiger partial charge in [0.2, 0.25) is 6.20 Å². The van der Waals surface area contributed by atoms with Gasteiger partial charge < -0.3 is 0 Å². The maximum Gasteiger partial charge on any atom is 0.237 e. The third-order valence-corrected chi connectivity index (χ3v) is 2.65. The van der Waals surface area contributed by atoms with Crippen LogP contribution in [0.2, 0.25) is 0 Å². The van der Waals surface area contributed by atoms with Crippen LogP contribution in [0.5, 0.6) is 0 Å². The second kappa shape index (κ2) is 3.55. The van der Waals surface area contributed by atoms with Gasteiger partial charge in [0.15, 0.2) is 0 Å². The van der Waals surface area contributed by atoms with Crippen molar-refractivity contribution in [3.8, 4) is 0 Å². The molecule has 0 bridgehead atoms. The van der Waals surface area contributed by atoms with Crippen LogP contribution in [-0.2, 0) is 0 Å². The molecule has 1 heterocycles. The van der Waals surface area contributed by atoms with E-state index in [-0.39, 0.29) is 0 Å². The van der Waals surface area contributed by atoms with Gasteiger partial charge in [-0.1, -0.05) is 12.1 Å². The minimum absolute atomic E-state index is 0.494. The van der Waals surface area contributed by atoms with Gasteiger partial charge in [0.1, 0.15) is 5.01 Å². The zero-order valence-electron chi connectivity index (χ0n) is 7.08. The number of para-hydroxylation sites is 1. The lowest BCUT2D eigenvalue weighted by atomic mass is 10.3. The summed E-state index contributed by atoms with van der Waals surface area (Å²) in [5.41, 5.74) is 0.875. The molecule has 1 aromatic carbocycles.